The first kappa shape index (κ1) is 15.3. The second kappa shape index (κ2) is 7.60. The van der Waals surface area contributed by atoms with Gasteiger partial charge in [-0.1, -0.05) is 30.3 Å². The summed E-state index contributed by atoms with van der Waals surface area (Å²) in [6.07, 6.45) is 6.60. The highest BCUT2D eigenvalue weighted by molar-refractivity contribution is 5.47. The number of hydrogen-bond donors (Lipinski definition) is 0. The van der Waals surface area contributed by atoms with Gasteiger partial charge in [0.2, 0.25) is 0 Å². The number of methoxy groups -OCH3 is 1. The van der Waals surface area contributed by atoms with E-state index in [0.29, 0.717) is 13.0 Å². The SMILES string of the molecule is COCCc1nc(-c2cnccn2)n(CCc2ccccc2)n1. The second-order valence-corrected chi connectivity index (χ2v) is 5.14. The lowest BCUT2D eigenvalue weighted by atomic mass is 10.1. The van der Waals surface area contributed by atoms with Crippen molar-refractivity contribution in [2.75, 3.05) is 13.7 Å². The lowest BCUT2D eigenvalue weighted by Gasteiger charge is -2.05. The van der Waals surface area contributed by atoms with Crippen LogP contribution >= 0.6 is 0 Å². The van der Waals surface area contributed by atoms with Crippen LogP contribution in [0.2, 0.25) is 0 Å². The molecule has 2 aromatic heterocycles. The first-order valence-electron chi connectivity index (χ1n) is 7.60. The van der Waals surface area contributed by atoms with Gasteiger partial charge in [0, 0.05) is 32.5 Å². The van der Waals surface area contributed by atoms with Crippen molar-refractivity contribution >= 4 is 0 Å². The monoisotopic (exact) mass is 309 g/mol. The van der Waals surface area contributed by atoms with Crippen molar-refractivity contribution in [2.45, 2.75) is 19.4 Å². The molecule has 0 aliphatic carbocycles. The van der Waals surface area contributed by atoms with Crippen LogP contribution in [0.5, 0.6) is 0 Å². The van der Waals surface area contributed by atoms with E-state index in [0.717, 1.165) is 30.3 Å². The molecule has 2 heterocycles. The average Bonchev–Trinajstić information content (AvgIpc) is 3.03. The van der Waals surface area contributed by atoms with E-state index in [4.69, 9.17) is 4.74 Å². The van der Waals surface area contributed by atoms with Crippen molar-refractivity contribution in [3.8, 4) is 11.5 Å². The predicted molar refractivity (Wildman–Crippen MR) is 86.8 cm³/mol. The molecule has 0 saturated heterocycles. The first-order chi connectivity index (χ1) is 11.4. The number of nitrogens with zero attached hydrogens (tertiary/aromatic N) is 5. The highest BCUT2D eigenvalue weighted by Crippen LogP contribution is 2.14. The van der Waals surface area contributed by atoms with Gasteiger partial charge in [-0.25, -0.2) is 14.6 Å². The van der Waals surface area contributed by atoms with Gasteiger partial charge in [-0.05, 0) is 12.0 Å². The summed E-state index contributed by atoms with van der Waals surface area (Å²) >= 11 is 0. The Morgan fingerprint density at radius 1 is 1.09 bits per heavy atom. The van der Waals surface area contributed by atoms with Crippen LogP contribution in [-0.2, 0) is 24.1 Å². The maximum Gasteiger partial charge on any atom is 0.178 e. The summed E-state index contributed by atoms with van der Waals surface area (Å²) in [4.78, 5) is 13.1. The Balaban J connectivity index is 1.83. The Morgan fingerprint density at radius 2 is 1.96 bits per heavy atom. The summed E-state index contributed by atoms with van der Waals surface area (Å²) < 4.78 is 7.02. The molecular weight excluding hydrogens is 290 g/mol. The van der Waals surface area contributed by atoms with Crippen molar-refractivity contribution in [1.82, 2.24) is 24.7 Å². The summed E-state index contributed by atoms with van der Waals surface area (Å²) in [5.41, 5.74) is 2.00. The van der Waals surface area contributed by atoms with E-state index in [1.54, 1.807) is 25.7 Å². The molecule has 0 aliphatic rings. The standard InChI is InChI=1S/C17H19N5O/c1-23-12-8-16-20-17(15-13-18-9-10-19-15)22(21-16)11-7-14-5-3-2-4-6-14/h2-6,9-10,13H,7-8,11-12H2,1H3. The highest BCUT2D eigenvalue weighted by atomic mass is 16.5. The second-order valence-electron chi connectivity index (χ2n) is 5.14. The van der Waals surface area contributed by atoms with Crippen LogP contribution in [0.3, 0.4) is 0 Å². The quantitative estimate of drug-likeness (QED) is 0.669. The fraction of sp³-hybridized carbons (Fsp3) is 0.294. The number of aromatic nitrogens is 5. The Morgan fingerprint density at radius 3 is 2.70 bits per heavy atom. The highest BCUT2D eigenvalue weighted by Gasteiger charge is 2.13. The third-order valence-corrected chi connectivity index (χ3v) is 3.49. The summed E-state index contributed by atoms with van der Waals surface area (Å²) in [5.74, 6) is 1.51. The minimum absolute atomic E-state index is 0.600. The molecule has 3 rings (SSSR count). The third-order valence-electron chi connectivity index (χ3n) is 3.49. The molecule has 6 nitrogen and oxygen atoms in total. The third kappa shape index (κ3) is 3.98. The number of hydrogen-bond acceptors (Lipinski definition) is 5. The fourth-order valence-electron chi connectivity index (χ4n) is 2.33. The van der Waals surface area contributed by atoms with Gasteiger partial charge in [0.15, 0.2) is 11.6 Å². The van der Waals surface area contributed by atoms with Crippen LogP contribution < -0.4 is 0 Å². The van der Waals surface area contributed by atoms with E-state index >= 15 is 0 Å². The van der Waals surface area contributed by atoms with E-state index in [1.165, 1.54) is 5.56 Å². The average molecular weight is 309 g/mol. The summed E-state index contributed by atoms with van der Waals surface area (Å²) in [5, 5.41) is 4.60. The van der Waals surface area contributed by atoms with Crippen LogP contribution in [0.25, 0.3) is 11.5 Å². The number of benzene rings is 1. The van der Waals surface area contributed by atoms with Crippen molar-refractivity contribution in [3.05, 3.63) is 60.3 Å². The lowest BCUT2D eigenvalue weighted by molar-refractivity contribution is 0.200. The lowest BCUT2D eigenvalue weighted by Crippen LogP contribution is -2.07. The van der Waals surface area contributed by atoms with Crippen LogP contribution in [0, 0.1) is 0 Å². The van der Waals surface area contributed by atoms with E-state index < -0.39 is 0 Å². The molecule has 0 N–H and O–H groups in total. The number of aryl methyl sites for hydroxylation is 2. The van der Waals surface area contributed by atoms with Crippen molar-refractivity contribution in [2.24, 2.45) is 0 Å². The molecule has 0 fully saturated rings. The van der Waals surface area contributed by atoms with Crippen LogP contribution in [0.1, 0.15) is 11.4 Å². The number of rotatable bonds is 7. The Bertz CT molecular complexity index is 727. The van der Waals surface area contributed by atoms with Gasteiger partial charge in [-0.2, -0.15) is 5.10 Å². The largest absolute Gasteiger partial charge is 0.384 e. The predicted octanol–water partition coefficient (Wildman–Crippen LogP) is 2.17. The smallest absolute Gasteiger partial charge is 0.178 e. The Labute approximate surface area is 135 Å². The zero-order chi connectivity index (χ0) is 15.9. The Hall–Kier alpha value is -2.60. The summed E-state index contributed by atoms with van der Waals surface area (Å²) in [7, 11) is 1.68. The molecule has 1 aromatic carbocycles. The van der Waals surface area contributed by atoms with Crippen LogP contribution in [-0.4, -0.2) is 38.4 Å². The van der Waals surface area contributed by atoms with E-state index in [1.807, 2.05) is 22.9 Å². The number of ether oxygens (including phenoxy) is 1. The molecule has 0 spiro atoms. The van der Waals surface area contributed by atoms with Gasteiger partial charge in [-0.3, -0.25) is 4.98 Å². The topological polar surface area (TPSA) is 65.7 Å². The van der Waals surface area contributed by atoms with Crippen LogP contribution in [0.15, 0.2) is 48.9 Å². The Kier molecular flexibility index (Phi) is 5.06. The zero-order valence-corrected chi connectivity index (χ0v) is 13.1. The fourth-order valence-corrected chi connectivity index (χ4v) is 2.33. The van der Waals surface area contributed by atoms with Gasteiger partial charge in [0.1, 0.15) is 5.69 Å². The summed E-state index contributed by atoms with van der Waals surface area (Å²) in [6, 6.07) is 10.3. The van der Waals surface area contributed by atoms with E-state index in [2.05, 4.69) is 32.2 Å². The molecule has 0 aliphatic heterocycles. The van der Waals surface area contributed by atoms with Gasteiger partial charge in [0.05, 0.1) is 12.8 Å². The van der Waals surface area contributed by atoms with Crippen molar-refractivity contribution in [3.63, 3.8) is 0 Å². The molecule has 0 amide bonds. The van der Waals surface area contributed by atoms with E-state index in [-0.39, 0.29) is 0 Å². The molecule has 0 atom stereocenters. The zero-order valence-electron chi connectivity index (χ0n) is 13.1. The molecule has 0 saturated carbocycles. The van der Waals surface area contributed by atoms with Gasteiger partial charge in [0.25, 0.3) is 0 Å². The first-order valence-corrected chi connectivity index (χ1v) is 7.60. The molecule has 118 valence electrons. The normalized spacial score (nSPS) is 10.8. The molecule has 0 bridgehead atoms. The molecule has 6 heteroatoms. The minimum Gasteiger partial charge on any atom is -0.384 e. The molecule has 0 unspecified atom stereocenters. The van der Waals surface area contributed by atoms with Crippen LogP contribution in [0.4, 0.5) is 0 Å². The minimum atomic E-state index is 0.600. The summed E-state index contributed by atoms with van der Waals surface area (Å²) in [6.45, 7) is 1.35. The molecule has 23 heavy (non-hydrogen) atoms. The van der Waals surface area contributed by atoms with Gasteiger partial charge >= 0.3 is 0 Å². The van der Waals surface area contributed by atoms with E-state index in [9.17, 15) is 0 Å². The van der Waals surface area contributed by atoms with Gasteiger partial charge < -0.3 is 4.74 Å². The molecule has 0 radical (unpaired) electrons. The maximum absolute atomic E-state index is 5.11. The molecule has 3 aromatic rings. The van der Waals surface area contributed by atoms with Gasteiger partial charge in [-0.15, -0.1) is 0 Å². The van der Waals surface area contributed by atoms with Crippen molar-refractivity contribution < 1.29 is 4.74 Å². The maximum atomic E-state index is 5.11. The molecular formula is C17H19N5O. The van der Waals surface area contributed by atoms with Crippen molar-refractivity contribution in [1.29, 1.82) is 0 Å².